The van der Waals surface area contributed by atoms with Crippen molar-refractivity contribution in [2.75, 3.05) is 13.2 Å². The van der Waals surface area contributed by atoms with Crippen LogP contribution in [0.3, 0.4) is 0 Å². The van der Waals surface area contributed by atoms with Gasteiger partial charge < -0.3 is 15.0 Å². The molecule has 2 aliphatic rings. The predicted octanol–water partition coefficient (Wildman–Crippen LogP) is 1.06. The minimum absolute atomic E-state index is 0.00809. The molecule has 0 saturated carbocycles. The monoisotopic (exact) mass is 393 g/mol. The van der Waals surface area contributed by atoms with Gasteiger partial charge in [0.05, 0.1) is 0 Å². The van der Waals surface area contributed by atoms with Gasteiger partial charge in [-0.25, -0.2) is 4.79 Å². The van der Waals surface area contributed by atoms with Crippen LogP contribution in [0.5, 0.6) is 0 Å². The first-order chi connectivity index (χ1) is 12.8. The van der Waals surface area contributed by atoms with E-state index < -0.39 is 22.0 Å². The Morgan fingerprint density at radius 3 is 2.85 bits per heavy atom. The van der Waals surface area contributed by atoms with Gasteiger partial charge in [0, 0.05) is 18.2 Å². The quantitative estimate of drug-likeness (QED) is 0.750. The Kier molecular flexibility index (Phi) is 5.50. The molecule has 9 heteroatoms. The molecule has 1 amide bonds. The van der Waals surface area contributed by atoms with E-state index in [4.69, 9.17) is 4.74 Å². The first-order valence-electron chi connectivity index (χ1n) is 9.00. The maximum absolute atomic E-state index is 12.5. The van der Waals surface area contributed by atoms with Crippen molar-refractivity contribution in [3.05, 3.63) is 29.8 Å². The number of carbonyl (C=O) groups is 2. The van der Waals surface area contributed by atoms with Gasteiger partial charge in [0.15, 0.2) is 12.4 Å². The molecule has 2 atom stereocenters. The lowest BCUT2D eigenvalue weighted by Crippen LogP contribution is -2.43. The van der Waals surface area contributed by atoms with E-state index in [0.29, 0.717) is 24.9 Å². The Morgan fingerprint density at radius 2 is 2.11 bits per heavy atom. The van der Waals surface area contributed by atoms with Crippen LogP contribution in [-0.4, -0.2) is 56.3 Å². The van der Waals surface area contributed by atoms with E-state index in [-0.39, 0.29) is 29.3 Å². The summed E-state index contributed by atoms with van der Waals surface area (Å²) in [5.74, 6) is -0.626. The first-order valence-corrected chi connectivity index (χ1v) is 10.4. The van der Waals surface area contributed by atoms with Crippen molar-refractivity contribution >= 4 is 27.7 Å². The van der Waals surface area contributed by atoms with Crippen LogP contribution in [0.15, 0.2) is 33.6 Å². The van der Waals surface area contributed by atoms with Crippen LogP contribution in [0.25, 0.3) is 0 Å². The number of fused-ring (bicyclic) bond motifs is 1. The SMILES string of the molecule is CC[C@@H](C)NC(=O)COC(=O)[C@@H]1CCCN1C1=NS(=O)(=O)c2ccccc21. The van der Waals surface area contributed by atoms with Crippen molar-refractivity contribution in [3.63, 3.8) is 0 Å². The zero-order valence-corrected chi connectivity index (χ0v) is 16.2. The molecule has 0 unspecified atom stereocenters. The number of carbonyl (C=O) groups excluding carboxylic acids is 2. The highest BCUT2D eigenvalue weighted by Gasteiger charge is 2.40. The Labute approximate surface area is 158 Å². The summed E-state index contributed by atoms with van der Waals surface area (Å²) in [6, 6.07) is 5.91. The number of sulfonamides is 1. The molecule has 2 aliphatic heterocycles. The minimum Gasteiger partial charge on any atom is -0.454 e. The number of ether oxygens (including phenoxy) is 1. The van der Waals surface area contributed by atoms with Crippen LogP contribution in [0.2, 0.25) is 0 Å². The van der Waals surface area contributed by atoms with Crippen molar-refractivity contribution < 1.29 is 22.7 Å². The highest BCUT2D eigenvalue weighted by molar-refractivity contribution is 7.90. The number of nitrogens with zero attached hydrogens (tertiary/aromatic N) is 2. The molecule has 0 spiro atoms. The molecular weight excluding hydrogens is 370 g/mol. The summed E-state index contributed by atoms with van der Waals surface area (Å²) < 4.78 is 33.6. The van der Waals surface area contributed by atoms with Crippen molar-refractivity contribution in [2.45, 2.75) is 50.1 Å². The summed E-state index contributed by atoms with van der Waals surface area (Å²) >= 11 is 0. The fourth-order valence-corrected chi connectivity index (χ4v) is 4.43. The van der Waals surface area contributed by atoms with E-state index in [1.165, 1.54) is 6.07 Å². The number of nitrogens with one attached hydrogen (secondary N) is 1. The summed E-state index contributed by atoms with van der Waals surface area (Å²) in [6.07, 6.45) is 2.01. The zero-order valence-electron chi connectivity index (χ0n) is 15.3. The van der Waals surface area contributed by atoms with Gasteiger partial charge in [-0.1, -0.05) is 19.1 Å². The fourth-order valence-electron chi connectivity index (χ4n) is 3.21. The Bertz CT molecular complexity index is 881. The largest absolute Gasteiger partial charge is 0.454 e. The van der Waals surface area contributed by atoms with Crippen molar-refractivity contribution in [1.82, 2.24) is 10.2 Å². The molecule has 2 heterocycles. The second-order valence-corrected chi connectivity index (χ2v) is 8.29. The average Bonchev–Trinajstić information content (AvgIpc) is 3.22. The van der Waals surface area contributed by atoms with Gasteiger partial charge in [-0.2, -0.15) is 8.42 Å². The van der Waals surface area contributed by atoms with E-state index in [2.05, 4.69) is 9.71 Å². The molecule has 1 aromatic carbocycles. The van der Waals surface area contributed by atoms with E-state index in [1.807, 2.05) is 13.8 Å². The lowest BCUT2D eigenvalue weighted by Gasteiger charge is -2.25. The first kappa shape index (κ1) is 19.3. The molecule has 1 fully saturated rings. The summed E-state index contributed by atoms with van der Waals surface area (Å²) in [7, 11) is -3.75. The van der Waals surface area contributed by atoms with Crippen LogP contribution in [0, 0.1) is 0 Å². The van der Waals surface area contributed by atoms with Gasteiger partial charge in [-0.15, -0.1) is 4.40 Å². The third-order valence-electron chi connectivity index (χ3n) is 4.77. The minimum atomic E-state index is -3.75. The summed E-state index contributed by atoms with van der Waals surface area (Å²) in [4.78, 5) is 26.1. The standard InChI is InChI=1S/C18H23N3O5S/c1-3-12(2)19-16(22)11-26-18(23)14-8-6-10-21(14)17-13-7-4-5-9-15(13)27(24,25)20-17/h4-5,7,9,12,14H,3,6,8,10-11H2,1-2H3,(H,19,22)/t12-,14+/m1/s1. The van der Waals surface area contributed by atoms with E-state index >= 15 is 0 Å². The Morgan fingerprint density at radius 1 is 1.37 bits per heavy atom. The van der Waals surface area contributed by atoms with Crippen LogP contribution in [-0.2, 0) is 24.3 Å². The molecule has 8 nitrogen and oxygen atoms in total. The topological polar surface area (TPSA) is 105 Å². The smallest absolute Gasteiger partial charge is 0.329 e. The van der Waals surface area contributed by atoms with Crippen LogP contribution < -0.4 is 5.32 Å². The molecule has 3 rings (SSSR count). The summed E-state index contributed by atoms with van der Waals surface area (Å²) in [5, 5.41) is 2.73. The number of rotatable bonds is 5. The molecule has 146 valence electrons. The van der Waals surface area contributed by atoms with Gasteiger partial charge in [0.2, 0.25) is 0 Å². The maximum atomic E-state index is 12.5. The van der Waals surface area contributed by atoms with E-state index in [9.17, 15) is 18.0 Å². The van der Waals surface area contributed by atoms with Gasteiger partial charge in [-0.05, 0) is 38.3 Å². The van der Waals surface area contributed by atoms with Crippen LogP contribution in [0.1, 0.15) is 38.7 Å². The normalized spacial score (nSPS) is 21.3. The average molecular weight is 393 g/mol. The Balaban J connectivity index is 1.71. The Hall–Kier alpha value is -2.42. The number of likely N-dealkylation sites (tertiary alicyclic amines) is 1. The summed E-state index contributed by atoms with van der Waals surface area (Å²) in [5.41, 5.74) is 0.492. The lowest BCUT2D eigenvalue weighted by atomic mass is 10.1. The van der Waals surface area contributed by atoms with Gasteiger partial charge >= 0.3 is 5.97 Å². The third-order valence-corrected chi connectivity index (χ3v) is 6.10. The number of amides is 1. The third kappa shape index (κ3) is 3.97. The fraction of sp³-hybridized carbons (Fsp3) is 0.500. The molecule has 0 bridgehead atoms. The highest BCUT2D eigenvalue weighted by Crippen LogP contribution is 2.31. The van der Waals surface area contributed by atoms with Gasteiger partial charge in [0.25, 0.3) is 15.9 Å². The molecule has 0 radical (unpaired) electrons. The second-order valence-electron chi connectivity index (χ2n) is 6.72. The van der Waals surface area contributed by atoms with Gasteiger partial charge in [-0.3, -0.25) is 4.79 Å². The number of hydrogen-bond acceptors (Lipinski definition) is 6. The predicted molar refractivity (Wildman–Crippen MR) is 98.7 cm³/mol. The van der Waals surface area contributed by atoms with Crippen LogP contribution in [0.4, 0.5) is 0 Å². The van der Waals surface area contributed by atoms with Crippen molar-refractivity contribution in [3.8, 4) is 0 Å². The lowest BCUT2D eigenvalue weighted by molar-refractivity contribution is -0.152. The zero-order chi connectivity index (χ0) is 19.6. The molecular formula is C18H23N3O5S. The van der Waals surface area contributed by atoms with E-state index in [1.54, 1.807) is 23.1 Å². The number of amidine groups is 1. The maximum Gasteiger partial charge on any atom is 0.329 e. The second kappa shape index (κ2) is 7.67. The number of hydrogen-bond donors (Lipinski definition) is 1. The molecule has 1 N–H and O–H groups in total. The van der Waals surface area contributed by atoms with Gasteiger partial charge in [0.1, 0.15) is 10.9 Å². The van der Waals surface area contributed by atoms with Crippen LogP contribution >= 0.6 is 0 Å². The van der Waals surface area contributed by atoms with E-state index in [0.717, 1.165) is 6.42 Å². The molecule has 27 heavy (non-hydrogen) atoms. The number of esters is 1. The van der Waals surface area contributed by atoms with Crippen molar-refractivity contribution in [1.29, 1.82) is 0 Å². The molecule has 0 aromatic heterocycles. The molecule has 1 aromatic rings. The van der Waals surface area contributed by atoms with Crippen molar-refractivity contribution in [2.24, 2.45) is 4.40 Å². The summed E-state index contributed by atoms with van der Waals surface area (Å²) in [6.45, 7) is 3.96. The molecule has 0 aliphatic carbocycles. The highest BCUT2D eigenvalue weighted by atomic mass is 32.2. The molecule has 1 saturated heterocycles. The number of benzene rings is 1.